The molecule has 2 rings (SSSR count). The highest BCUT2D eigenvalue weighted by Crippen LogP contribution is 2.18. The molecule has 1 atom stereocenters. The number of carbonyl (C=O) groups excluding carboxylic acids is 3. The van der Waals surface area contributed by atoms with Gasteiger partial charge in [0.05, 0.1) is 6.42 Å². The number of hydrogen-bond donors (Lipinski definition) is 1. The van der Waals surface area contributed by atoms with Crippen molar-refractivity contribution in [3.8, 4) is 0 Å². The van der Waals surface area contributed by atoms with Crippen molar-refractivity contribution < 1.29 is 19.1 Å². The minimum Gasteiger partial charge on any atom is -0.456 e. The molecule has 0 saturated carbocycles. The minimum atomic E-state index is -0.651. The lowest BCUT2D eigenvalue weighted by molar-refractivity contribution is -0.148. The molecule has 1 N–H and O–H groups in total. The molecule has 0 unspecified atom stereocenters. The summed E-state index contributed by atoms with van der Waals surface area (Å²) in [6.07, 6.45) is 1.87. The van der Waals surface area contributed by atoms with Gasteiger partial charge in [-0.3, -0.25) is 19.7 Å². The van der Waals surface area contributed by atoms with Crippen LogP contribution in [-0.4, -0.2) is 29.0 Å². The van der Waals surface area contributed by atoms with Crippen LogP contribution in [0.3, 0.4) is 0 Å². The summed E-state index contributed by atoms with van der Waals surface area (Å²) < 4.78 is 6.53. The van der Waals surface area contributed by atoms with Crippen molar-refractivity contribution in [2.45, 2.75) is 19.3 Å². The SMILES string of the molecule is C[C@H](CC(=O)OCC(=O)NC(=O)c1cccn1C)c1ccccc1. The van der Waals surface area contributed by atoms with Crippen molar-refractivity contribution in [3.05, 3.63) is 59.9 Å². The second-order valence-electron chi connectivity index (χ2n) is 5.56. The maximum absolute atomic E-state index is 11.9. The molecule has 0 radical (unpaired) electrons. The summed E-state index contributed by atoms with van der Waals surface area (Å²) in [4.78, 5) is 35.4. The molecule has 0 saturated heterocycles. The van der Waals surface area contributed by atoms with E-state index in [1.54, 1.807) is 29.9 Å². The maximum atomic E-state index is 11.9. The fraction of sp³-hybridized carbons (Fsp3) is 0.278. The zero-order valence-corrected chi connectivity index (χ0v) is 13.7. The molecule has 2 aromatic rings. The molecule has 0 aliphatic carbocycles. The van der Waals surface area contributed by atoms with E-state index in [9.17, 15) is 14.4 Å². The molecule has 1 aromatic carbocycles. The van der Waals surface area contributed by atoms with E-state index < -0.39 is 24.4 Å². The number of benzene rings is 1. The Morgan fingerprint density at radius 3 is 2.46 bits per heavy atom. The van der Waals surface area contributed by atoms with Crippen molar-refractivity contribution in [1.29, 1.82) is 0 Å². The first kappa shape index (κ1) is 17.5. The van der Waals surface area contributed by atoms with Gasteiger partial charge in [0.25, 0.3) is 11.8 Å². The van der Waals surface area contributed by atoms with Gasteiger partial charge in [-0.05, 0) is 23.6 Å². The van der Waals surface area contributed by atoms with Gasteiger partial charge in [-0.15, -0.1) is 0 Å². The molecule has 2 amide bonds. The Hall–Kier alpha value is -2.89. The Balaban J connectivity index is 1.76. The second-order valence-corrected chi connectivity index (χ2v) is 5.56. The average Bonchev–Trinajstić information content (AvgIpc) is 3.00. The standard InChI is InChI=1S/C18H20N2O4/c1-13(14-7-4-3-5-8-14)11-17(22)24-12-16(21)19-18(23)15-9-6-10-20(15)2/h3-10,13H,11-12H2,1-2H3,(H,19,21,23)/t13-/m1/s1. The van der Waals surface area contributed by atoms with E-state index in [1.165, 1.54) is 0 Å². The van der Waals surface area contributed by atoms with E-state index in [1.807, 2.05) is 37.3 Å². The van der Waals surface area contributed by atoms with Gasteiger partial charge in [0, 0.05) is 13.2 Å². The van der Waals surface area contributed by atoms with Crippen LogP contribution in [-0.2, 0) is 21.4 Å². The Morgan fingerprint density at radius 1 is 1.12 bits per heavy atom. The van der Waals surface area contributed by atoms with Gasteiger partial charge < -0.3 is 9.30 Å². The number of aryl methyl sites for hydroxylation is 1. The Bertz CT molecular complexity index is 722. The largest absolute Gasteiger partial charge is 0.456 e. The van der Waals surface area contributed by atoms with Crippen LogP contribution in [0, 0.1) is 0 Å². The van der Waals surface area contributed by atoms with E-state index in [4.69, 9.17) is 4.74 Å². The molecule has 0 aliphatic rings. The molecule has 6 nitrogen and oxygen atoms in total. The summed E-state index contributed by atoms with van der Waals surface area (Å²) in [6, 6.07) is 12.9. The summed E-state index contributed by atoms with van der Waals surface area (Å²) in [5.74, 6) is -1.66. The van der Waals surface area contributed by atoms with Gasteiger partial charge in [0.2, 0.25) is 0 Å². The van der Waals surface area contributed by atoms with Crippen molar-refractivity contribution in [2.75, 3.05) is 6.61 Å². The first-order chi connectivity index (χ1) is 11.5. The molecular weight excluding hydrogens is 308 g/mol. The van der Waals surface area contributed by atoms with E-state index in [0.717, 1.165) is 5.56 Å². The number of esters is 1. The summed E-state index contributed by atoms with van der Waals surface area (Å²) in [5.41, 5.74) is 1.38. The highest BCUT2D eigenvalue weighted by atomic mass is 16.5. The third kappa shape index (κ3) is 4.81. The minimum absolute atomic E-state index is 0.00763. The van der Waals surface area contributed by atoms with Gasteiger partial charge in [0.1, 0.15) is 5.69 Å². The van der Waals surface area contributed by atoms with Crippen LogP contribution >= 0.6 is 0 Å². The van der Waals surface area contributed by atoms with Crippen LogP contribution in [0.1, 0.15) is 35.3 Å². The van der Waals surface area contributed by atoms with Crippen molar-refractivity contribution in [2.24, 2.45) is 7.05 Å². The Kier molecular flexibility index (Phi) is 5.89. The summed E-state index contributed by atoms with van der Waals surface area (Å²) in [7, 11) is 1.70. The smallest absolute Gasteiger partial charge is 0.306 e. The highest BCUT2D eigenvalue weighted by Gasteiger charge is 2.16. The summed E-state index contributed by atoms with van der Waals surface area (Å²) in [5, 5.41) is 2.19. The predicted molar refractivity (Wildman–Crippen MR) is 88.3 cm³/mol. The quantitative estimate of drug-likeness (QED) is 0.823. The third-order valence-corrected chi connectivity index (χ3v) is 3.64. The third-order valence-electron chi connectivity index (χ3n) is 3.64. The Morgan fingerprint density at radius 2 is 1.83 bits per heavy atom. The first-order valence-electron chi connectivity index (χ1n) is 7.63. The fourth-order valence-electron chi connectivity index (χ4n) is 2.28. The van der Waals surface area contributed by atoms with Crippen LogP contribution in [0.2, 0.25) is 0 Å². The second kappa shape index (κ2) is 8.10. The molecule has 126 valence electrons. The van der Waals surface area contributed by atoms with Crippen LogP contribution < -0.4 is 5.32 Å². The average molecular weight is 328 g/mol. The molecule has 0 bridgehead atoms. The topological polar surface area (TPSA) is 77.4 Å². The van der Waals surface area contributed by atoms with Crippen LogP contribution in [0.15, 0.2) is 48.7 Å². The number of rotatable bonds is 6. The van der Waals surface area contributed by atoms with Gasteiger partial charge in [-0.1, -0.05) is 37.3 Å². The van der Waals surface area contributed by atoms with Gasteiger partial charge in [-0.25, -0.2) is 0 Å². The lowest BCUT2D eigenvalue weighted by Gasteiger charge is -2.11. The van der Waals surface area contributed by atoms with Crippen molar-refractivity contribution in [1.82, 2.24) is 9.88 Å². The van der Waals surface area contributed by atoms with E-state index in [2.05, 4.69) is 5.32 Å². The molecule has 6 heteroatoms. The van der Waals surface area contributed by atoms with Crippen molar-refractivity contribution in [3.63, 3.8) is 0 Å². The van der Waals surface area contributed by atoms with Gasteiger partial charge >= 0.3 is 5.97 Å². The van der Waals surface area contributed by atoms with E-state index >= 15 is 0 Å². The maximum Gasteiger partial charge on any atom is 0.306 e. The lowest BCUT2D eigenvalue weighted by atomic mass is 9.98. The van der Waals surface area contributed by atoms with Crippen molar-refractivity contribution >= 4 is 17.8 Å². The monoisotopic (exact) mass is 328 g/mol. The molecular formula is C18H20N2O4. The zero-order chi connectivity index (χ0) is 17.5. The number of carbonyl (C=O) groups is 3. The molecule has 1 aromatic heterocycles. The highest BCUT2D eigenvalue weighted by molar-refractivity contribution is 6.04. The molecule has 0 spiro atoms. The van der Waals surface area contributed by atoms with Gasteiger partial charge in [-0.2, -0.15) is 0 Å². The van der Waals surface area contributed by atoms with E-state index in [-0.39, 0.29) is 12.3 Å². The number of hydrogen-bond acceptors (Lipinski definition) is 4. The molecule has 0 aliphatic heterocycles. The number of nitrogens with zero attached hydrogens (tertiary/aromatic N) is 1. The molecule has 24 heavy (non-hydrogen) atoms. The number of imide groups is 1. The normalized spacial score (nSPS) is 11.6. The molecule has 1 heterocycles. The zero-order valence-electron chi connectivity index (χ0n) is 13.7. The predicted octanol–water partition coefficient (Wildman–Crippen LogP) is 2.02. The lowest BCUT2D eigenvalue weighted by Crippen LogP contribution is -2.35. The fourth-order valence-corrected chi connectivity index (χ4v) is 2.28. The Labute approximate surface area is 140 Å². The number of amides is 2. The van der Waals surface area contributed by atoms with Gasteiger partial charge in [0.15, 0.2) is 6.61 Å². The van der Waals surface area contributed by atoms with Crippen LogP contribution in [0.5, 0.6) is 0 Å². The van der Waals surface area contributed by atoms with Crippen LogP contribution in [0.4, 0.5) is 0 Å². The number of ether oxygens (including phenoxy) is 1. The number of nitrogens with one attached hydrogen (secondary N) is 1. The molecule has 0 fully saturated rings. The summed E-state index contributed by atoms with van der Waals surface area (Å²) in [6.45, 7) is 1.44. The number of aromatic nitrogens is 1. The summed E-state index contributed by atoms with van der Waals surface area (Å²) >= 11 is 0. The first-order valence-corrected chi connectivity index (χ1v) is 7.63. The van der Waals surface area contributed by atoms with E-state index in [0.29, 0.717) is 5.69 Å². The van der Waals surface area contributed by atoms with Crippen LogP contribution in [0.25, 0.3) is 0 Å².